The normalized spacial score (nSPS) is 15.5. The second-order valence-electron chi connectivity index (χ2n) is 8.09. The van der Waals surface area contributed by atoms with Gasteiger partial charge in [-0.2, -0.15) is 4.31 Å². The first-order chi connectivity index (χ1) is 15.8. The van der Waals surface area contributed by atoms with Gasteiger partial charge in [-0.1, -0.05) is 29.3 Å². The van der Waals surface area contributed by atoms with Crippen LogP contribution in [0.4, 0.5) is 10.1 Å². The Bertz CT molecular complexity index is 1220. The van der Waals surface area contributed by atoms with Gasteiger partial charge in [0.1, 0.15) is 11.6 Å². The molecule has 6 nitrogen and oxygen atoms in total. The van der Waals surface area contributed by atoms with Crippen LogP contribution in [0.15, 0.2) is 70.2 Å². The van der Waals surface area contributed by atoms with Gasteiger partial charge in [0.15, 0.2) is 0 Å². The molecule has 0 radical (unpaired) electrons. The Labute approximate surface area is 197 Å². The van der Waals surface area contributed by atoms with Crippen molar-refractivity contribution < 1.29 is 22.0 Å². The molecule has 0 bridgehead atoms. The smallest absolute Gasteiger partial charge is 0.243 e. The summed E-state index contributed by atoms with van der Waals surface area (Å²) in [5, 5.41) is -0.243. The third-order valence-corrected chi connectivity index (χ3v) is 8.02. The summed E-state index contributed by atoms with van der Waals surface area (Å²) in [6.45, 7) is 2.65. The lowest BCUT2D eigenvalue weighted by Gasteiger charge is -2.33. The highest BCUT2D eigenvalue weighted by molar-refractivity contribution is 7.89. The lowest BCUT2D eigenvalue weighted by molar-refractivity contribution is -0.123. The molecule has 2 heterocycles. The number of aryl methyl sites for hydroxylation is 1. The first-order valence-electron chi connectivity index (χ1n) is 10.6. The molecule has 1 fully saturated rings. The van der Waals surface area contributed by atoms with Crippen LogP contribution < -0.4 is 4.90 Å². The maximum absolute atomic E-state index is 13.5. The minimum atomic E-state index is -3.83. The Morgan fingerprint density at radius 1 is 1.15 bits per heavy atom. The number of rotatable bonds is 6. The van der Waals surface area contributed by atoms with Crippen molar-refractivity contribution in [2.24, 2.45) is 5.92 Å². The molecule has 1 aliphatic rings. The lowest BCUT2D eigenvalue weighted by atomic mass is 9.96. The topological polar surface area (TPSA) is 70.8 Å². The number of halogens is 2. The van der Waals surface area contributed by atoms with E-state index in [0.717, 1.165) is 23.4 Å². The fourth-order valence-electron chi connectivity index (χ4n) is 3.93. The van der Waals surface area contributed by atoms with Crippen LogP contribution >= 0.6 is 11.6 Å². The Balaban J connectivity index is 1.49. The Hall–Kier alpha value is -2.68. The fraction of sp³-hybridized carbons (Fsp3) is 0.292. The number of sulfonamides is 1. The third-order valence-electron chi connectivity index (χ3n) is 5.84. The summed E-state index contributed by atoms with van der Waals surface area (Å²) in [5.41, 5.74) is 1.85. The summed E-state index contributed by atoms with van der Waals surface area (Å²) in [6, 6.07) is 14.6. The number of benzene rings is 2. The molecule has 2 aromatic carbocycles. The molecule has 1 saturated heterocycles. The zero-order valence-electron chi connectivity index (χ0n) is 18.1. The summed E-state index contributed by atoms with van der Waals surface area (Å²) in [5.74, 6) is -0.411. The van der Waals surface area contributed by atoms with E-state index in [2.05, 4.69) is 0 Å². The quantitative estimate of drug-likeness (QED) is 0.486. The fourth-order valence-corrected chi connectivity index (χ4v) is 5.67. The maximum atomic E-state index is 13.5. The number of carbonyl (C=O) groups is 1. The van der Waals surface area contributed by atoms with Crippen molar-refractivity contribution in [3.05, 3.63) is 83.0 Å². The van der Waals surface area contributed by atoms with Crippen LogP contribution in [0.2, 0.25) is 5.02 Å². The highest BCUT2D eigenvalue weighted by Crippen LogP contribution is 2.29. The summed E-state index contributed by atoms with van der Waals surface area (Å²) in [7, 11) is -3.83. The summed E-state index contributed by atoms with van der Waals surface area (Å²) in [4.78, 5) is 15.1. The Kier molecular flexibility index (Phi) is 6.88. The van der Waals surface area contributed by atoms with Crippen molar-refractivity contribution in [2.75, 3.05) is 18.0 Å². The van der Waals surface area contributed by atoms with E-state index in [0.29, 0.717) is 25.1 Å². The number of amides is 1. The second-order valence-corrected chi connectivity index (χ2v) is 10.4. The van der Waals surface area contributed by atoms with Crippen LogP contribution in [0.3, 0.4) is 0 Å². The lowest BCUT2D eigenvalue weighted by Crippen LogP contribution is -2.44. The zero-order chi connectivity index (χ0) is 23.6. The van der Waals surface area contributed by atoms with Gasteiger partial charge in [-0.3, -0.25) is 4.79 Å². The molecule has 1 aliphatic heterocycles. The van der Waals surface area contributed by atoms with E-state index < -0.39 is 15.8 Å². The van der Waals surface area contributed by atoms with E-state index in [9.17, 15) is 17.6 Å². The van der Waals surface area contributed by atoms with Crippen LogP contribution in [0.1, 0.15) is 24.2 Å². The van der Waals surface area contributed by atoms with Crippen molar-refractivity contribution in [3.63, 3.8) is 0 Å². The summed E-state index contributed by atoms with van der Waals surface area (Å²) in [6.07, 6.45) is 2.33. The average Bonchev–Trinajstić information content (AvgIpc) is 3.33. The number of piperidine rings is 1. The average molecular weight is 491 g/mol. The number of hydrogen-bond donors (Lipinski definition) is 0. The molecule has 4 rings (SSSR count). The maximum Gasteiger partial charge on any atom is 0.243 e. The van der Waals surface area contributed by atoms with Gasteiger partial charge in [-0.25, -0.2) is 12.8 Å². The molecule has 33 heavy (non-hydrogen) atoms. The molecule has 0 unspecified atom stereocenters. The minimum absolute atomic E-state index is 0.0576. The summed E-state index contributed by atoms with van der Waals surface area (Å²) >= 11 is 5.77. The number of carbonyl (C=O) groups excluding carboxylic acids is 1. The summed E-state index contributed by atoms with van der Waals surface area (Å²) < 4.78 is 46.2. The molecule has 0 atom stereocenters. The van der Waals surface area contributed by atoms with E-state index in [-0.39, 0.29) is 34.8 Å². The minimum Gasteiger partial charge on any atom is -0.467 e. The van der Waals surface area contributed by atoms with E-state index in [4.69, 9.17) is 16.0 Å². The predicted octanol–water partition coefficient (Wildman–Crippen LogP) is 5.01. The first-order valence-corrected chi connectivity index (χ1v) is 12.4. The number of furan rings is 1. The SMILES string of the molecule is Cc1ccc(N(Cc2ccco2)C(=O)C2CCN(S(=O)(=O)c3ccc(F)c(Cl)c3)CC2)cc1. The van der Waals surface area contributed by atoms with Crippen molar-refractivity contribution in [1.29, 1.82) is 0 Å². The molecular weight excluding hydrogens is 467 g/mol. The zero-order valence-corrected chi connectivity index (χ0v) is 19.7. The van der Waals surface area contributed by atoms with E-state index in [1.165, 1.54) is 10.4 Å². The number of nitrogens with zero attached hydrogens (tertiary/aromatic N) is 2. The molecular formula is C24H24ClFN2O4S. The van der Waals surface area contributed by atoms with Crippen molar-refractivity contribution in [3.8, 4) is 0 Å². The van der Waals surface area contributed by atoms with Crippen molar-refractivity contribution in [1.82, 2.24) is 4.31 Å². The standard InChI is InChI=1S/C24H24ClFN2O4S/c1-17-4-6-19(7-5-17)28(16-20-3-2-14-32-20)24(29)18-10-12-27(13-11-18)33(30,31)21-8-9-23(26)22(25)15-21/h2-9,14-15,18H,10-13,16H2,1H3. The highest BCUT2D eigenvalue weighted by Gasteiger charge is 2.34. The molecule has 0 saturated carbocycles. The van der Waals surface area contributed by atoms with Crippen LogP contribution in [0.5, 0.6) is 0 Å². The van der Waals surface area contributed by atoms with Gasteiger partial charge in [0.25, 0.3) is 0 Å². The molecule has 1 amide bonds. The van der Waals surface area contributed by atoms with E-state index >= 15 is 0 Å². The molecule has 0 N–H and O–H groups in total. The monoisotopic (exact) mass is 490 g/mol. The molecule has 0 spiro atoms. The molecule has 3 aromatic rings. The molecule has 9 heteroatoms. The van der Waals surface area contributed by atoms with Gasteiger partial charge < -0.3 is 9.32 Å². The highest BCUT2D eigenvalue weighted by atomic mass is 35.5. The van der Waals surface area contributed by atoms with Gasteiger partial charge in [0.05, 0.1) is 22.7 Å². The van der Waals surface area contributed by atoms with Gasteiger partial charge in [0.2, 0.25) is 15.9 Å². The van der Waals surface area contributed by atoms with E-state index in [1.807, 2.05) is 37.3 Å². The number of hydrogen-bond acceptors (Lipinski definition) is 4. The van der Waals surface area contributed by atoms with Gasteiger partial charge >= 0.3 is 0 Å². The van der Waals surface area contributed by atoms with Crippen LogP contribution in [0, 0.1) is 18.7 Å². The van der Waals surface area contributed by atoms with Crippen LogP contribution in [-0.4, -0.2) is 31.7 Å². The van der Waals surface area contributed by atoms with Gasteiger partial charge in [0, 0.05) is 24.7 Å². The number of anilines is 1. The Morgan fingerprint density at radius 3 is 2.45 bits per heavy atom. The van der Waals surface area contributed by atoms with E-state index in [1.54, 1.807) is 17.2 Å². The van der Waals surface area contributed by atoms with Crippen LogP contribution in [0.25, 0.3) is 0 Å². The molecule has 0 aliphatic carbocycles. The van der Waals surface area contributed by atoms with Crippen LogP contribution in [-0.2, 0) is 21.4 Å². The largest absolute Gasteiger partial charge is 0.467 e. The molecule has 1 aromatic heterocycles. The first kappa shape index (κ1) is 23.5. The van der Waals surface area contributed by atoms with Gasteiger partial charge in [-0.05, 0) is 62.2 Å². The Morgan fingerprint density at radius 2 is 1.85 bits per heavy atom. The van der Waals surface area contributed by atoms with Gasteiger partial charge in [-0.15, -0.1) is 0 Å². The predicted molar refractivity (Wildman–Crippen MR) is 124 cm³/mol. The van der Waals surface area contributed by atoms with Crippen molar-refractivity contribution in [2.45, 2.75) is 31.2 Å². The molecule has 174 valence electrons. The second kappa shape index (κ2) is 9.67. The third kappa shape index (κ3) is 5.13. The van der Waals surface area contributed by atoms with Crippen molar-refractivity contribution >= 4 is 33.2 Å².